The lowest BCUT2D eigenvalue weighted by Crippen LogP contribution is -2.51. The van der Waals surface area contributed by atoms with Crippen LogP contribution >= 0.6 is 12.2 Å². The van der Waals surface area contributed by atoms with Gasteiger partial charge in [-0.2, -0.15) is 0 Å². The third-order valence-corrected chi connectivity index (χ3v) is 7.47. The molecule has 2 saturated heterocycles. The van der Waals surface area contributed by atoms with Crippen LogP contribution in [-0.2, 0) is 6.54 Å². The van der Waals surface area contributed by atoms with E-state index in [-0.39, 0.29) is 0 Å². The highest BCUT2D eigenvalue weighted by atomic mass is 32.1. The first kappa shape index (κ1) is 25.4. The van der Waals surface area contributed by atoms with Crippen molar-refractivity contribution in [1.29, 1.82) is 0 Å². The molecule has 0 radical (unpaired) electrons. The number of pyridine rings is 1. The highest BCUT2D eigenvalue weighted by molar-refractivity contribution is 7.80. The molecule has 2 aliphatic rings. The molecule has 2 aliphatic heterocycles. The standard InChI is InChI=1S/C27H35N7O2S/c1-35-24-15-22-23(16-25(24)36-14-7-21-6-2-3-9-29-21)31-19-32-26(22)33-10-12-34(13-11-33)27(37)30-18-20-5-4-8-28-17-20/h4-5,8,15-17,19,21,29H,2-3,6-7,9-14,18H2,1H3,(H,30,37). The predicted octanol–water partition coefficient (Wildman–Crippen LogP) is 3.14. The molecule has 0 aliphatic carbocycles. The summed E-state index contributed by atoms with van der Waals surface area (Å²) >= 11 is 5.64. The third kappa shape index (κ3) is 6.37. The number of fused-ring (bicyclic) bond motifs is 1. The number of nitrogens with zero attached hydrogens (tertiary/aromatic N) is 5. The summed E-state index contributed by atoms with van der Waals surface area (Å²) in [5.74, 6) is 2.35. The number of hydrogen-bond acceptors (Lipinski definition) is 8. The molecule has 3 aromatic rings. The fourth-order valence-electron chi connectivity index (χ4n) is 4.97. The van der Waals surface area contributed by atoms with Crippen molar-refractivity contribution in [2.24, 2.45) is 0 Å². The summed E-state index contributed by atoms with van der Waals surface area (Å²) in [7, 11) is 1.68. The quantitative estimate of drug-likeness (QED) is 0.431. The average molecular weight is 522 g/mol. The molecule has 37 heavy (non-hydrogen) atoms. The minimum absolute atomic E-state index is 0.534. The fraction of sp³-hybridized carbons (Fsp3) is 0.481. The van der Waals surface area contributed by atoms with Gasteiger partial charge in [0.15, 0.2) is 16.6 Å². The van der Waals surface area contributed by atoms with Gasteiger partial charge in [0.25, 0.3) is 0 Å². The van der Waals surface area contributed by atoms with Crippen LogP contribution in [0.4, 0.5) is 5.82 Å². The number of hydrogen-bond donors (Lipinski definition) is 2. The van der Waals surface area contributed by atoms with Crippen LogP contribution in [0, 0.1) is 0 Å². The number of methoxy groups -OCH3 is 1. The van der Waals surface area contributed by atoms with Crippen LogP contribution in [0.25, 0.3) is 10.9 Å². The second-order valence-corrected chi connectivity index (χ2v) is 9.88. The molecule has 1 atom stereocenters. The van der Waals surface area contributed by atoms with Crippen molar-refractivity contribution < 1.29 is 9.47 Å². The van der Waals surface area contributed by atoms with Crippen LogP contribution in [0.3, 0.4) is 0 Å². The van der Waals surface area contributed by atoms with Crippen LogP contribution in [-0.4, -0.2) is 77.4 Å². The van der Waals surface area contributed by atoms with E-state index in [0.717, 1.165) is 72.3 Å². The molecule has 0 bridgehead atoms. The van der Waals surface area contributed by atoms with Crippen molar-refractivity contribution in [2.45, 2.75) is 38.3 Å². The smallest absolute Gasteiger partial charge is 0.169 e. The van der Waals surface area contributed by atoms with Crippen molar-refractivity contribution in [3.63, 3.8) is 0 Å². The highest BCUT2D eigenvalue weighted by Gasteiger charge is 2.22. The molecule has 1 aromatic carbocycles. The fourth-order valence-corrected chi connectivity index (χ4v) is 5.22. The molecule has 0 amide bonds. The summed E-state index contributed by atoms with van der Waals surface area (Å²) in [6.45, 7) is 5.69. The van der Waals surface area contributed by atoms with Gasteiger partial charge < -0.3 is 29.9 Å². The van der Waals surface area contributed by atoms with Crippen molar-refractivity contribution in [2.75, 3.05) is 51.3 Å². The Morgan fingerprint density at radius 2 is 2.05 bits per heavy atom. The molecule has 0 spiro atoms. The highest BCUT2D eigenvalue weighted by Crippen LogP contribution is 2.35. The van der Waals surface area contributed by atoms with E-state index in [2.05, 4.69) is 35.4 Å². The lowest BCUT2D eigenvalue weighted by molar-refractivity contribution is 0.257. The summed E-state index contributed by atoms with van der Waals surface area (Å²) in [5.41, 5.74) is 1.96. The number of benzene rings is 1. The lowest BCUT2D eigenvalue weighted by atomic mass is 10.0. The SMILES string of the molecule is COc1cc2c(N3CCN(C(=S)NCc4cccnc4)CC3)ncnc2cc1OCCC1CCCCN1. The van der Waals surface area contributed by atoms with E-state index in [9.17, 15) is 0 Å². The van der Waals surface area contributed by atoms with E-state index in [4.69, 9.17) is 21.7 Å². The number of piperazine rings is 1. The number of nitrogens with one attached hydrogen (secondary N) is 2. The summed E-state index contributed by atoms with van der Waals surface area (Å²) in [4.78, 5) is 17.8. The lowest BCUT2D eigenvalue weighted by Gasteiger charge is -2.37. The number of aromatic nitrogens is 3. The predicted molar refractivity (Wildman–Crippen MR) is 149 cm³/mol. The Morgan fingerprint density at radius 1 is 1.16 bits per heavy atom. The van der Waals surface area contributed by atoms with Gasteiger partial charge in [-0.05, 0) is 55.7 Å². The molecule has 10 heteroatoms. The molecular formula is C27H35N7O2S. The largest absolute Gasteiger partial charge is 0.493 e. The van der Waals surface area contributed by atoms with Gasteiger partial charge in [0.2, 0.25) is 0 Å². The van der Waals surface area contributed by atoms with Gasteiger partial charge in [0.1, 0.15) is 12.1 Å². The van der Waals surface area contributed by atoms with Gasteiger partial charge in [-0.3, -0.25) is 4.98 Å². The first-order valence-electron chi connectivity index (χ1n) is 13.1. The molecule has 9 nitrogen and oxygen atoms in total. The Kier molecular flexibility index (Phi) is 8.47. The number of thiocarbonyl (C=S) groups is 1. The average Bonchev–Trinajstić information content (AvgIpc) is 2.96. The summed E-state index contributed by atoms with van der Waals surface area (Å²) < 4.78 is 11.8. The first-order valence-corrected chi connectivity index (χ1v) is 13.5. The van der Waals surface area contributed by atoms with Gasteiger partial charge in [0.05, 0.1) is 19.2 Å². The molecule has 1 unspecified atom stereocenters. The minimum Gasteiger partial charge on any atom is -0.493 e. The number of ether oxygens (including phenoxy) is 2. The van der Waals surface area contributed by atoms with Crippen molar-refractivity contribution in [3.05, 3.63) is 48.5 Å². The van der Waals surface area contributed by atoms with Crippen molar-refractivity contribution in [1.82, 2.24) is 30.5 Å². The maximum Gasteiger partial charge on any atom is 0.169 e. The first-order chi connectivity index (χ1) is 18.2. The van der Waals surface area contributed by atoms with Gasteiger partial charge in [-0.25, -0.2) is 9.97 Å². The summed E-state index contributed by atoms with van der Waals surface area (Å²) in [6.07, 6.45) is 10.0. The van der Waals surface area contributed by atoms with Gasteiger partial charge >= 0.3 is 0 Å². The monoisotopic (exact) mass is 521 g/mol. The second kappa shape index (κ2) is 12.3. The van der Waals surface area contributed by atoms with Crippen LogP contribution in [0.2, 0.25) is 0 Å². The van der Waals surface area contributed by atoms with E-state index in [0.29, 0.717) is 24.9 Å². The normalized spacial score (nSPS) is 18.0. The van der Waals surface area contributed by atoms with E-state index in [1.54, 1.807) is 19.6 Å². The maximum atomic E-state index is 6.15. The zero-order valence-electron chi connectivity index (χ0n) is 21.4. The number of piperidine rings is 1. The molecule has 2 fully saturated rings. The van der Waals surface area contributed by atoms with Crippen molar-refractivity contribution >= 4 is 34.1 Å². The van der Waals surface area contributed by atoms with E-state index in [1.165, 1.54) is 19.3 Å². The van der Waals surface area contributed by atoms with E-state index >= 15 is 0 Å². The van der Waals surface area contributed by atoms with E-state index < -0.39 is 0 Å². The zero-order valence-corrected chi connectivity index (χ0v) is 22.2. The Hall–Kier alpha value is -3.24. The van der Waals surface area contributed by atoms with Crippen molar-refractivity contribution in [3.8, 4) is 11.5 Å². The minimum atomic E-state index is 0.534. The van der Waals surface area contributed by atoms with Gasteiger partial charge in [-0.1, -0.05) is 12.5 Å². The van der Waals surface area contributed by atoms with Crippen LogP contribution in [0.1, 0.15) is 31.2 Å². The molecule has 196 valence electrons. The maximum absolute atomic E-state index is 6.15. The summed E-state index contributed by atoms with van der Waals surface area (Å²) in [6, 6.07) is 8.49. The van der Waals surface area contributed by atoms with Crippen LogP contribution in [0.5, 0.6) is 11.5 Å². The van der Waals surface area contributed by atoms with Gasteiger partial charge in [0, 0.05) is 62.6 Å². The third-order valence-electron chi connectivity index (χ3n) is 7.07. The zero-order chi connectivity index (χ0) is 25.5. The molecule has 2 N–H and O–H groups in total. The van der Waals surface area contributed by atoms with Crippen LogP contribution < -0.4 is 25.0 Å². The molecule has 5 rings (SSSR count). The van der Waals surface area contributed by atoms with Gasteiger partial charge in [-0.15, -0.1) is 0 Å². The van der Waals surface area contributed by atoms with E-state index in [1.807, 2.05) is 30.5 Å². The number of rotatable bonds is 8. The number of anilines is 1. The molecule has 0 saturated carbocycles. The molecule has 4 heterocycles. The Bertz CT molecular complexity index is 1180. The molecular weight excluding hydrogens is 486 g/mol. The second-order valence-electron chi connectivity index (χ2n) is 9.50. The molecule has 2 aromatic heterocycles. The Balaban J connectivity index is 1.21. The Labute approximate surface area is 223 Å². The topological polar surface area (TPSA) is 87.7 Å². The Morgan fingerprint density at radius 3 is 2.81 bits per heavy atom. The van der Waals surface area contributed by atoms with Crippen LogP contribution in [0.15, 0.2) is 43.0 Å². The summed E-state index contributed by atoms with van der Waals surface area (Å²) in [5, 5.41) is 8.66.